The predicted molar refractivity (Wildman–Crippen MR) is 103 cm³/mol. The van der Waals surface area contributed by atoms with E-state index in [1.54, 1.807) is 7.11 Å². The van der Waals surface area contributed by atoms with E-state index < -0.39 is 0 Å². The van der Waals surface area contributed by atoms with E-state index in [2.05, 4.69) is 48.1 Å². The van der Waals surface area contributed by atoms with Crippen molar-refractivity contribution in [2.75, 3.05) is 26.7 Å². The summed E-state index contributed by atoms with van der Waals surface area (Å²) in [6.45, 7) is 4.63. The molecule has 3 saturated heterocycles. The summed E-state index contributed by atoms with van der Waals surface area (Å²) in [5.41, 5.74) is 1.20. The minimum Gasteiger partial charge on any atom is -0.495 e. The fraction of sp³-hybridized carbons (Fsp3) is 0.600. The van der Waals surface area contributed by atoms with E-state index in [1.165, 1.54) is 38.0 Å². The lowest BCUT2D eigenvalue weighted by Gasteiger charge is -2.45. The Labute approximate surface area is 161 Å². The van der Waals surface area contributed by atoms with Gasteiger partial charge >= 0.3 is 0 Å². The van der Waals surface area contributed by atoms with Crippen molar-refractivity contribution in [3.05, 3.63) is 26.6 Å². The molecule has 1 N–H and O–H groups in total. The number of nitrogens with one attached hydrogen (secondary N) is 1. The maximum absolute atomic E-state index is 5.51. The van der Waals surface area contributed by atoms with Gasteiger partial charge in [0.25, 0.3) is 0 Å². The van der Waals surface area contributed by atoms with Gasteiger partial charge in [0, 0.05) is 29.2 Å². The van der Waals surface area contributed by atoms with Crippen LogP contribution in [-0.4, -0.2) is 37.7 Å². The quantitative estimate of drug-likeness (QED) is 0.703. The first-order chi connectivity index (χ1) is 9.67. The Morgan fingerprint density at radius 1 is 1.23 bits per heavy atom. The third-order valence-corrected chi connectivity index (χ3v) is 5.55. The predicted octanol–water partition coefficient (Wildman–Crippen LogP) is 4.25. The van der Waals surface area contributed by atoms with Gasteiger partial charge in [-0.3, -0.25) is 0 Å². The summed E-state index contributed by atoms with van der Waals surface area (Å²) in [4.78, 5) is 2.58. The lowest BCUT2D eigenvalue weighted by atomic mass is 9.84. The van der Waals surface area contributed by atoms with Crippen molar-refractivity contribution < 1.29 is 4.74 Å². The molecule has 1 aromatic rings. The second-order valence-corrected chi connectivity index (χ2v) is 7.48. The molecule has 0 spiro atoms. The average molecular weight is 477 g/mol. The molecule has 0 radical (unpaired) electrons. The van der Waals surface area contributed by atoms with Crippen LogP contribution in [-0.2, 0) is 6.54 Å². The van der Waals surface area contributed by atoms with Crippen molar-refractivity contribution in [1.29, 1.82) is 0 Å². The molecule has 3 aliphatic heterocycles. The summed E-state index contributed by atoms with van der Waals surface area (Å²) in [5.74, 6) is 1.78. The molecular weight excluding hydrogens is 455 g/mol. The lowest BCUT2D eigenvalue weighted by Crippen LogP contribution is -2.55. The molecule has 3 heterocycles. The van der Waals surface area contributed by atoms with E-state index in [0.717, 1.165) is 27.2 Å². The van der Waals surface area contributed by atoms with Gasteiger partial charge in [-0.1, -0.05) is 15.9 Å². The molecule has 3 fully saturated rings. The number of nitrogens with zero attached hydrogens (tertiary/aromatic N) is 1. The van der Waals surface area contributed by atoms with Crippen molar-refractivity contribution in [3.63, 3.8) is 0 Å². The van der Waals surface area contributed by atoms with Crippen LogP contribution >= 0.6 is 56.7 Å². The molecular formula is C15H22Br2Cl2N2O. The van der Waals surface area contributed by atoms with Crippen LogP contribution in [0.3, 0.4) is 0 Å². The first-order valence-corrected chi connectivity index (χ1v) is 8.73. The molecule has 4 rings (SSSR count). The van der Waals surface area contributed by atoms with Crippen molar-refractivity contribution in [2.45, 2.75) is 25.4 Å². The van der Waals surface area contributed by atoms with E-state index in [1.807, 2.05) is 6.07 Å². The number of piperidine rings is 3. The van der Waals surface area contributed by atoms with E-state index >= 15 is 0 Å². The maximum atomic E-state index is 5.51. The standard InChI is InChI=1S/C15H20Br2N2O.2ClH/c1-20-15-11(6-12(16)7-13(15)17)8-18-14-9-19-4-2-10(14)3-5-19;;/h6-7,10,14,18H,2-5,8-9H2,1H3;2*1H. The second kappa shape index (κ2) is 9.09. The molecule has 0 aliphatic carbocycles. The smallest absolute Gasteiger partial charge is 0.137 e. The van der Waals surface area contributed by atoms with E-state index in [4.69, 9.17) is 4.74 Å². The Hall–Kier alpha value is 0.480. The first-order valence-electron chi connectivity index (χ1n) is 7.15. The highest BCUT2D eigenvalue weighted by Gasteiger charge is 2.33. The second-order valence-electron chi connectivity index (χ2n) is 5.71. The van der Waals surface area contributed by atoms with Crippen LogP contribution in [0.1, 0.15) is 18.4 Å². The van der Waals surface area contributed by atoms with E-state index in [9.17, 15) is 0 Å². The molecule has 3 nitrogen and oxygen atoms in total. The van der Waals surface area contributed by atoms with Gasteiger partial charge in [-0.15, -0.1) is 24.8 Å². The first kappa shape index (κ1) is 20.5. The Balaban J connectivity index is 0.00000121. The fourth-order valence-corrected chi connectivity index (χ4v) is 4.89. The van der Waals surface area contributed by atoms with Crippen molar-refractivity contribution >= 4 is 56.7 Å². The molecule has 0 aromatic heterocycles. The summed E-state index contributed by atoms with van der Waals surface area (Å²) in [7, 11) is 1.73. The zero-order chi connectivity index (χ0) is 14.1. The number of ether oxygens (including phenoxy) is 1. The fourth-order valence-electron chi connectivity index (χ4n) is 3.41. The molecule has 3 aliphatic rings. The van der Waals surface area contributed by atoms with Gasteiger partial charge in [-0.05, 0) is 59.9 Å². The molecule has 1 unspecified atom stereocenters. The summed E-state index contributed by atoms with van der Waals surface area (Å²) < 4.78 is 7.59. The molecule has 0 amide bonds. The molecule has 126 valence electrons. The molecule has 1 atom stereocenters. The van der Waals surface area contributed by atoms with Gasteiger partial charge in [0.15, 0.2) is 0 Å². The van der Waals surface area contributed by atoms with Crippen molar-refractivity contribution in [2.24, 2.45) is 5.92 Å². The normalized spacial score (nSPS) is 26.0. The minimum absolute atomic E-state index is 0. The zero-order valence-electron chi connectivity index (χ0n) is 12.5. The highest BCUT2D eigenvalue weighted by molar-refractivity contribution is 9.11. The molecule has 7 heteroatoms. The Morgan fingerprint density at radius 2 is 1.91 bits per heavy atom. The number of halogens is 4. The zero-order valence-corrected chi connectivity index (χ0v) is 17.3. The number of methoxy groups -OCH3 is 1. The number of benzene rings is 1. The van der Waals surface area contributed by atoms with Gasteiger partial charge < -0.3 is 15.0 Å². The summed E-state index contributed by atoms with van der Waals surface area (Å²) in [6.07, 6.45) is 2.69. The Morgan fingerprint density at radius 3 is 2.45 bits per heavy atom. The monoisotopic (exact) mass is 474 g/mol. The van der Waals surface area contributed by atoms with Crippen LogP contribution < -0.4 is 10.1 Å². The highest BCUT2D eigenvalue weighted by atomic mass is 79.9. The van der Waals surface area contributed by atoms with E-state index in [0.29, 0.717) is 6.04 Å². The average Bonchev–Trinajstić information content (AvgIpc) is 2.46. The van der Waals surface area contributed by atoms with Crippen LogP contribution in [0, 0.1) is 5.92 Å². The Bertz CT molecular complexity index is 497. The third kappa shape index (κ3) is 4.52. The molecule has 1 aromatic carbocycles. The molecule has 0 saturated carbocycles. The van der Waals surface area contributed by atoms with Gasteiger partial charge in [-0.2, -0.15) is 0 Å². The summed E-state index contributed by atoms with van der Waals surface area (Å²) >= 11 is 7.12. The maximum Gasteiger partial charge on any atom is 0.137 e. The lowest BCUT2D eigenvalue weighted by molar-refractivity contribution is 0.0719. The van der Waals surface area contributed by atoms with Crippen molar-refractivity contribution in [1.82, 2.24) is 10.2 Å². The number of hydrogen-bond donors (Lipinski definition) is 1. The topological polar surface area (TPSA) is 24.5 Å². The van der Waals surface area contributed by atoms with Crippen LogP contribution in [0.4, 0.5) is 0 Å². The van der Waals surface area contributed by atoms with Crippen LogP contribution in [0.2, 0.25) is 0 Å². The van der Waals surface area contributed by atoms with Gasteiger partial charge in [0.2, 0.25) is 0 Å². The van der Waals surface area contributed by atoms with Crippen molar-refractivity contribution in [3.8, 4) is 5.75 Å². The van der Waals surface area contributed by atoms with E-state index in [-0.39, 0.29) is 24.8 Å². The van der Waals surface area contributed by atoms with Crippen LogP contribution in [0.25, 0.3) is 0 Å². The Kier molecular flexibility index (Phi) is 8.48. The largest absolute Gasteiger partial charge is 0.495 e. The third-order valence-electron chi connectivity index (χ3n) is 4.50. The minimum atomic E-state index is 0. The number of fused-ring (bicyclic) bond motifs is 3. The summed E-state index contributed by atoms with van der Waals surface area (Å²) in [6, 6.07) is 4.79. The molecule has 22 heavy (non-hydrogen) atoms. The van der Waals surface area contributed by atoms with Crippen LogP contribution in [0.15, 0.2) is 21.1 Å². The van der Waals surface area contributed by atoms with Crippen LogP contribution in [0.5, 0.6) is 5.75 Å². The SMILES string of the molecule is COc1c(Br)cc(Br)cc1CNC1CN2CCC1CC2.Cl.Cl. The highest BCUT2D eigenvalue weighted by Crippen LogP contribution is 2.33. The summed E-state index contributed by atoms with van der Waals surface area (Å²) in [5, 5.41) is 3.74. The van der Waals surface area contributed by atoms with Gasteiger partial charge in [0.05, 0.1) is 11.6 Å². The number of hydrogen-bond acceptors (Lipinski definition) is 3. The molecule has 2 bridgehead atoms. The number of rotatable bonds is 4. The van der Waals surface area contributed by atoms with Gasteiger partial charge in [-0.25, -0.2) is 0 Å². The van der Waals surface area contributed by atoms with Gasteiger partial charge in [0.1, 0.15) is 5.75 Å².